The molecule has 5 heteroatoms. The summed E-state index contributed by atoms with van der Waals surface area (Å²) in [5.74, 6) is 1.75. The summed E-state index contributed by atoms with van der Waals surface area (Å²) >= 11 is 1.77. The Balaban J connectivity index is 2.56. The highest BCUT2D eigenvalue weighted by Gasteiger charge is 2.18. The largest absolute Gasteiger partial charge is 0.357 e. The van der Waals surface area contributed by atoms with E-state index in [4.69, 9.17) is 4.98 Å². The number of anilines is 2. The van der Waals surface area contributed by atoms with Crippen LogP contribution < -0.4 is 10.2 Å². The van der Waals surface area contributed by atoms with E-state index in [0.717, 1.165) is 29.9 Å². The molecule has 0 spiro atoms. The minimum absolute atomic E-state index is 0.516. The molecule has 0 bridgehead atoms. The van der Waals surface area contributed by atoms with E-state index >= 15 is 0 Å². The van der Waals surface area contributed by atoms with Gasteiger partial charge in [-0.3, -0.25) is 0 Å². The van der Waals surface area contributed by atoms with Crippen LogP contribution in [0.4, 0.5) is 11.8 Å². The highest BCUT2D eigenvalue weighted by Crippen LogP contribution is 2.33. The predicted octanol–water partition coefficient (Wildman–Crippen LogP) is 3.92. The van der Waals surface area contributed by atoms with Gasteiger partial charge in [-0.2, -0.15) is 4.98 Å². The van der Waals surface area contributed by atoms with Crippen molar-refractivity contribution < 1.29 is 0 Å². The summed E-state index contributed by atoms with van der Waals surface area (Å²) in [6.45, 7) is 6.64. The van der Waals surface area contributed by atoms with Gasteiger partial charge in [0, 0.05) is 25.0 Å². The molecule has 0 radical (unpaired) electrons. The number of aromatic nitrogens is 2. The first-order valence-electron chi connectivity index (χ1n) is 7.35. The minimum atomic E-state index is 0.516. The Labute approximate surface area is 125 Å². The average Bonchev–Trinajstić information content (AvgIpc) is 2.90. The van der Waals surface area contributed by atoms with Crippen LogP contribution in [0, 0.1) is 0 Å². The lowest BCUT2D eigenvalue weighted by Gasteiger charge is -2.28. The number of thiophene rings is 1. The molecule has 1 N–H and O–H groups in total. The molecule has 0 saturated carbocycles. The zero-order chi connectivity index (χ0) is 14.7. The van der Waals surface area contributed by atoms with Crippen LogP contribution in [0.2, 0.25) is 0 Å². The molecular formula is C15H24N4S. The monoisotopic (exact) mass is 292 g/mol. The Morgan fingerprint density at radius 1 is 1.25 bits per heavy atom. The summed E-state index contributed by atoms with van der Waals surface area (Å²) in [4.78, 5) is 14.0. The van der Waals surface area contributed by atoms with Crippen molar-refractivity contribution in [3.8, 4) is 0 Å². The van der Waals surface area contributed by atoms with E-state index < -0.39 is 0 Å². The predicted molar refractivity (Wildman–Crippen MR) is 89.1 cm³/mol. The Morgan fingerprint density at radius 2 is 1.95 bits per heavy atom. The average molecular weight is 292 g/mol. The van der Waals surface area contributed by atoms with Gasteiger partial charge in [-0.1, -0.05) is 20.8 Å². The summed E-state index contributed by atoms with van der Waals surface area (Å²) in [6, 6.07) is 2.76. The van der Waals surface area contributed by atoms with Crippen LogP contribution >= 0.6 is 11.3 Å². The summed E-state index contributed by atoms with van der Waals surface area (Å²) < 4.78 is 0. The number of aryl methyl sites for hydroxylation is 1. The van der Waals surface area contributed by atoms with Gasteiger partial charge in [-0.15, -0.1) is 11.3 Å². The second-order valence-corrected chi connectivity index (χ2v) is 6.10. The minimum Gasteiger partial charge on any atom is -0.357 e. The van der Waals surface area contributed by atoms with Crippen LogP contribution in [0.25, 0.3) is 10.2 Å². The number of hydrogen-bond donors (Lipinski definition) is 1. The van der Waals surface area contributed by atoms with Gasteiger partial charge in [0.1, 0.15) is 10.6 Å². The molecule has 2 aromatic rings. The fraction of sp³-hybridized carbons (Fsp3) is 0.600. The molecule has 0 aromatic carbocycles. The first kappa shape index (κ1) is 15.0. The topological polar surface area (TPSA) is 41.1 Å². The van der Waals surface area contributed by atoms with Crippen molar-refractivity contribution in [1.82, 2.24) is 9.97 Å². The van der Waals surface area contributed by atoms with Gasteiger partial charge >= 0.3 is 0 Å². The standard InChI is InChI=1S/C15H24N4S/c1-6-10(7-2)19(5)13-12-9-11(8-3)20-14(12)18-15(16-4)17-13/h9-10H,6-8H2,1-5H3,(H,16,17,18). The maximum absolute atomic E-state index is 4.69. The highest BCUT2D eigenvalue weighted by atomic mass is 32.1. The molecule has 2 aromatic heterocycles. The molecule has 0 amide bonds. The molecule has 2 rings (SSSR count). The Hall–Kier alpha value is -1.36. The van der Waals surface area contributed by atoms with Crippen molar-refractivity contribution in [1.29, 1.82) is 0 Å². The van der Waals surface area contributed by atoms with Crippen LogP contribution in [0.15, 0.2) is 6.07 Å². The van der Waals surface area contributed by atoms with Crippen molar-refractivity contribution in [2.24, 2.45) is 0 Å². The molecule has 0 aliphatic heterocycles. The molecule has 110 valence electrons. The van der Waals surface area contributed by atoms with E-state index in [9.17, 15) is 0 Å². The molecule has 20 heavy (non-hydrogen) atoms. The van der Waals surface area contributed by atoms with Crippen LogP contribution in [0.3, 0.4) is 0 Å². The lowest BCUT2D eigenvalue weighted by Crippen LogP contribution is -2.31. The second kappa shape index (κ2) is 6.39. The van der Waals surface area contributed by atoms with Gasteiger partial charge in [0.25, 0.3) is 0 Å². The molecule has 0 aliphatic carbocycles. The molecule has 0 unspecified atom stereocenters. The molecule has 2 heterocycles. The number of nitrogens with zero attached hydrogens (tertiary/aromatic N) is 3. The van der Waals surface area contributed by atoms with Crippen molar-refractivity contribution >= 4 is 33.3 Å². The van der Waals surface area contributed by atoms with Crippen LogP contribution in [-0.2, 0) is 6.42 Å². The van der Waals surface area contributed by atoms with Gasteiger partial charge in [0.2, 0.25) is 5.95 Å². The van der Waals surface area contributed by atoms with Gasteiger partial charge in [-0.25, -0.2) is 4.98 Å². The number of fused-ring (bicyclic) bond motifs is 1. The molecule has 0 saturated heterocycles. The summed E-state index contributed by atoms with van der Waals surface area (Å²) in [6.07, 6.45) is 3.29. The quantitative estimate of drug-likeness (QED) is 0.876. The maximum Gasteiger partial charge on any atom is 0.225 e. The van der Waals surface area contributed by atoms with Crippen LogP contribution in [0.5, 0.6) is 0 Å². The third-order valence-corrected chi connectivity index (χ3v) is 4.99. The van der Waals surface area contributed by atoms with Crippen molar-refractivity contribution in [2.45, 2.75) is 46.1 Å². The summed E-state index contributed by atoms with van der Waals surface area (Å²) in [7, 11) is 4.01. The highest BCUT2D eigenvalue weighted by molar-refractivity contribution is 7.18. The Kier molecular flexibility index (Phi) is 4.81. The Morgan fingerprint density at radius 3 is 2.50 bits per heavy atom. The second-order valence-electron chi connectivity index (χ2n) is 4.99. The van der Waals surface area contributed by atoms with Gasteiger partial charge < -0.3 is 10.2 Å². The first-order chi connectivity index (χ1) is 9.64. The molecule has 4 nitrogen and oxygen atoms in total. The van der Waals surface area contributed by atoms with Crippen LogP contribution in [0.1, 0.15) is 38.5 Å². The fourth-order valence-electron chi connectivity index (χ4n) is 2.52. The summed E-state index contributed by atoms with van der Waals surface area (Å²) in [5.41, 5.74) is 0. The van der Waals surface area contributed by atoms with E-state index in [2.05, 4.69) is 49.1 Å². The van der Waals surface area contributed by atoms with Crippen molar-refractivity contribution in [3.05, 3.63) is 10.9 Å². The molecule has 0 fully saturated rings. The number of rotatable bonds is 6. The zero-order valence-corrected chi connectivity index (χ0v) is 13.8. The lowest BCUT2D eigenvalue weighted by atomic mass is 10.1. The van der Waals surface area contributed by atoms with E-state index in [-0.39, 0.29) is 0 Å². The third kappa shape index (κ3) is 2.73. The van der Waals surface area contributed by atoms with E-state index in [1.165, 1.54) is 10.3 Å². The van der Waals surface area contributed by atoms with Gasteiger partial charge in [0.15, 0.2) is 0 Å². The van der Waals surface area contributed by atoms with E-state index in [0.29, 0.717) is 12.0 Å². The molecule has 0 atom stereocenters. The maximum atomic E-state index is 4.69. The zero-order valence-electron chi connectivity index (χ0n) is 13.0. The van der Waals surface area contributed by atoms with Crippen molar-refractivity contribution in [2.75, 3.05) is 24.3 Å². The fourth-order valence-corrected chi connectivity index (χ4v) is 3.48. The normalized spacial score (nSPS) is 11.3. The third-order valence-electron chi connectivity index (χ3n) is 3.82. The van der Waals surface area contributed by atoms with Gasteiger partial charge in [0.05, 0.1) is 5.39 Å². The molecular weight excluding hydrogens is 268 g/mol. The lowest BCUT2D eigenvalue weighted by molar-refractivity contribution is 0.588. The summed E-state index contributed by atoms with van der Waals surface area (Å²) in [5, 5.41) is 4.26. The smallest absolute Gasteiger partial charge is 0.225 e. The number of hydrogen-bond acceptors (Lipinski definition) is 5. The molecule has 0 aliphatic rings. The first-order valence-corrected chi connectivity index (χ1v) is 8.17. The van der Waals surface area contributed by atoms with E-state index in [1.54, 1.807) is 11.3 Å². The SMILES string of the molecule is CCc1cc2c(N(C)C(CC)CC)nc(NC)nc2s1. The van der Waals surface area contributed by atoms with Crippen LogP contribution in [-0.4, -0.2) is 30.1 Å². The Bertz CT molecular complexity index is 575. The van der Waals surface area contributed by atoms with Gasteiger partial charge in [-0.05, 0) is 25.3 Å². The van der Waals surface area contributed by atoms with E-state index in [1.807, 2.05) is 7.05 Å². The van der Waals surface area contributed by atoms with Crippen molar-refractivity contribution in [3.63, 3.8) is 0 Å². The number of nitrogens with one attached hydrogen (secondary N) is 1.